The zero-order valence-corrected chi connectivity index (χ0v) is 7.85. The Kier molecular flexibility index (Phi) is 2.98. The zero-order valence-electron chi connectivity index (χ0n) is 7.85. The Labute approximate surface area is 79.7 Å². The van der Waals surface area contributed by atoms with E-state index in [0.29, 0.717) is 5.69 Å². The molecule has 0 aromatic carbocycles. The number of ether oxygens (including phenoxy) is 1. The van der Waals surface area contributed by atoms with Crippen molar-refractivity contribution < 1.29 is 17.9 Å². The van der Waals surface area contributed by atoms with Crippen LogP contribution in [-0.4, -0.2) is 17.5 Å². The number of halogens is 3. The Morgan fingerprint density at radius 3 is 2.71 bits per heavy atom. The lowest BCUT2D eigenvalue weighted by Crippen LogP contribution is -2.21. The lowest BCUT2D eigenvalue weighted by Gasteiger charge is -2.12. The number of hydrogen-bond donors (Lipinski definition) is 0. The van der Waals surface area contributed by atoms with E-state index in [1.807, 2.05) is 0 Å². The van der Waals surface area contributed by atoms with Crippen molar-refractivity contribution in [3.05, 3.63) is 23.8 Å². The first kappa shape index (κ1) is 10.8. The van der Waals surface area contributed by atoms with Crippen LogP contribution in [0.4, 0.5) is 13.2 Å². The predicted molar refractivity (Wildman–Crippen MR) is 45.0 cm³/mol. The second kappa shape index (κ2) is 3.86. The summed E-state index contributed by atoms with van der Waals surface area (Å²) in [4.78, 5) is 3.63. The van der Waals surface area contributed by atoms with Crippen molar-refractivity contribution in [1.29, 1.82) is 0 Å². The Bertz CT molecular complexity index is 322. The van der Waals surface area contributed by atoms with Gasteiger partial charge >= 0.3 is 0 Å². The fourth-order valence-corrected chi connectivity index (χ4v) is 0.840. The van der Waals surface area contributed by atoms with Gasteiger partial charge in [0.25, 0.3) is 5.92 Å². The largest absolute Gasteiger partial charge is 0.485 e. The third kappa shape index (κ3) is 3.24. The number of nitrogens with zero attached hydrogens (tertiary/aromatic N) is 1. The fourth-order valence-electron chi connectivity index (χ4n) is 0.840. The molecule has 0 unspecified atom stereocenters. The lowest BCUT2D eigenvalue weighted by molar-refractivity contribution is -0.0233. The monoisotopic (exact) mass is 205 g/mol. The summed E-state index contributed by atoms with van der Waals surface area (Å²) in [6, 6.07) is 1.04. The molecule has 0 amide bonds. The van der Waals surface area contributed by atoms with E-state index in [1.165, 1.54) is 0 Å². The first-order chi connectivity index (χ1) is 6.38. The average Bonchev–Trinajstić information content (AvgIpc) is 2.05. The molecule has 0 aliphatic carbocycles. The molecule has 78 valence electrons. The Morgan fingerprint density at radius 1 is 1.50 bits per heavy atom. The van der Waals surface area contributed by atoms with Crippen LogP contribution in [0.3, 0.4) is 0 Å². The van der Waals surface area contributed by atoms with E-state index < -0.39 is 18.3 Å². The third-order valence-electron chi connectivity index (χ3n) is 1.49. The molecule has 0 bridgehead atoms. The van der Waals surface area contributed by atoms with E-state index in [0.717, 1.165) is 19.2 Å². The number of aryl methyl sites for hydroxylation is 1. The summed E-state index contributed by atoms with van der Waals surface area (Å²) in [5.74, 6) is -3.49. The van der Waals surface area contributed by atoms with Crippen LogP contribution in [0, 0.1) is 12.7 Å². The van der Waals surface area contributed by atoms with Gasteiger partial charge in [-0.2, -0.15) is 0 Å². The van der Waals surface area contributed by atoms with Crippen molar-refractivity contribution in [1.82, 2.24) is 4.98 Å². The zero-order chi connectivity index (χ0) is 10.8. The molecule has 0 saturated heterocycles. The number of aromatic nitrogens is 1. The van der Waals surface area contributed by atoms with Crippen LogP contribution in [0.1, 0.15) is 12.6 Å². The van der Waals surface area contributed by atoms with E-state index in [1.54, 1.807) is 6.92 Å². The number of pyridine rings is 1. The first-order valence-corrected chi connectivity index (χ1v) is 4.01. The Balaban J connectivity index is 2.72. The van der Waals surface area contributed by atoms with Gasteiger partial charge in [-0.25, -0.2) is 13.2 Å². The molecule has 1 heterocycles. The predicted octanol–water partition coefficient (Wildman–Crippen LogP) is 2.56. The van der Waals surface area contributed by atoms with Crippen molar-refractivity contribution in [3.8, 4) is 5.75 Å². The maximum absolute atomic E-state index is 12.6. The molecule has 2 nitrogen and oxygen atoms in total. The van der Waals surface area contributed by atoms with Gasteiger partial charge in [-0.15, -0.1) is 0 Å². The molecule has 1 aromatic rings. The normalized spacial score (nSPS) is 11.5. The lowest BCUT2D eigenvalue weighted by atomic mass is 10.3. The molecule has 0 fully saturated rings. The van der Waals surface area contributed by atoms with E-state index in [2.05, 4.69) is 4.98 Å². The summed E-state index contributed by atoms with van der Waals surface area (Å²) in [6.07, 6.45) is 1.01. The highest BCUT2D eigenvalue weighted by Crippen LogP contribution is 2.19. The summed E-state index contributed by atoms with van der Waals surface area (Å²) >= 11 is 0. The van der Waals surface area contributed by atoms with Crippen LogP contribution < -0.4 is 4.74 Å². The van der Waals surface area contributed by atoms with Gasteiger partial charge in [-0.05, 0) is 6.92 Å². The fraction of sp³-hybridized carbons (Fsp3) is 0.444. The van der Waals surface area contributed by atoms with Gasteiger partial charge in [0.1, 0.15) is 11.6 Å². The second-order valence-corrected chi connectivity index (χ2v) is 3.10. The molecular weight excluding hydrogens is 195 g/mol. The third-order valence-corrected chi connectivity index (χ3v) is 1.49. The van der Waals surface area contributed by atoms with Gasteiger partial charge in [0.2, 0.25) is 0 Å². The maximum atomic E-state index is 12.6. The summed E-state index contributed by atoms with van der Waals surface area (Å²) in [7, 11) is 0. The topological polar surface area (TPSA) is 22.1 Å². The molecule has 1 rings (SSSR count). The minimum atomic E-state index is -2.93. The quantitative estimate of drug-likeness (QED) is 0.756. The molecule has 0 saturated carbocycles. The van der Waals surface area contributed by atoms with Crippen LogP contribution in [0.5, 0.6) is 5.75 Å². The maximum Gasteiger partial charge on any atom is 0.278 e. The van der Waals surface area contributed by atoms with Gasteiger partial charge < -0.3 is 4.74 Å². The average molecular weight is 205 g/mol. The van der Waals surface area contributed by atoms with Crippen LogP contribution in [0.15, 0.2) is 12.3 Å². The molecule has 0 N–H and O–H groups in total. The van der Waals surface area contributed by atoms with E-state index in [9.17, 15) is 13.2 Å². The minimum absolute atomic E-state index is 0.0477. The summed E-state index contributed by atoms with van der Waals surface area (Å²) in [5, 5.41) is 0. The SMILES string of the molecule is Cc1ncc(F)cc1OCC(C)(F)F. The van der Waals surface area contributed by atoms with Crippen molar-refractivity contribution in [2.24, 2.45) is 0 Å². The minimum Gasteiger partial charge on any atom is -0.485 e. The van der Waals surface area contributed by atoms with Crippen molar-refractivity contribution in [2.45, 2.75) is 19.8 Å². The van der Waals surface area contributed by atoms with Gasteiger partial charge in [0.15, 0.2) is 6.61 Å². The van der Waals surface area contributed by atoms with E-state index in [-0.39, 0.29) is 5.75 Å². The second-order valence-electron chi connectivity index (χ2n) is 3.10. The van der Waals surface area contributed by atoms with Crippen molar-refractivity contribution >= 4 is 0 Å². The summed E-state index contributed by atoms with van der Waals surface area (Å²) < 4.78 is 42.2. The summed E-state index contributed by atoms with van der Waals surface area (Å²) in [5.41, 5.74) is 0.385. The van der Waals surface area contributed by atoms with Crippen LogP contribution in [0.2, 0.25) is 0 Å². The number of hydrogen-bond acceptors (Lipinski definition) is 2. The molecule has 0 spiro atoms. The first-order valence-electron chi connectivity index (χ1n) is 4.01. The van der Waals surface area contributed by atoms with Gasteiger partial charge in [0.05, 0.1) is 11.9 Å². The Morgan fingerprint density at radius 2 is 2.14 bits per heavy atom. The number of alkyl halides is 2. The van der Waals surface area contributed by atoms with Crippen LogP contribution in [0.25, 0.3) is 0 Å². The molecule has 0 aliphatic rings. The summed E-state index contributed by atoms with van der Waals surface area (Å²) in [6.45, 7) is 1.51. The highest BCUT2D eigenvalue weighted by molar-refractivity contribution is 5.26. The van der Waals surface area contributed by atoms with E-state index >= 15 is 0 Å². The van der Waals surface area contributed by atoms with Crippen molar-refractivity contribution in [3.63, 3.8) is 0 Å². The molecule has 1 aromatic heterocycles. The smallest absolute Gasteiger partial charge is 0.278 e. The molecule has 0 radical (unpaired) electrons. The molecule has 14 heavy (non-hydrogen) atoms. The highest BCUT2D eigenvalue weighted by Gasteiger charge is 2.22. The number of rotatable bonds is 3. The molecule has 5 heteroatoms. The van der Waals surface area contributed by atoms with Gasteiger partial charge in [0, 0.05) is 13.0 Å². The van der Waals surface area contributed by atoms with Crippen molar-refractivity contribution in [2.75, 3.05) is 6.61 Å². The van der Waals surface area contributed by atoms with Gasteiger partial charge in [-0.3, -0.25) is 4.98 Å². The standard InChI is InChI=1S/C9H10F3NO/c1-6-8(3-7(10)4-13-6)14-5-9(2,11)12/h3-4H,5H2,1-2H3. The van der Waals surface area contributed by atoms with Gasteiger partial charge in [-0.1, -0.05) is 0 Å². The molecular formula is C9H10F3NO. The highest BCUT2D eigenvalue weighted by atomic mass is 19.3. The molecule has 0 atom stereocenters. The van der Waals surface area contributed by atoms with E-state index in [4.69, 9.17) is 4.74 Å². The Hall–Kier alpha value is -1.26. The van der Waals surface area contributed by atoms with Crippen LogP contribution >= 0.6 is 0 Å². The molecule has 0 aliphatic heterocycles. The van der Waals surface area contributed by atoms with Crippen LogP contribution in [-0.2, 0) is 0 Å².